The Hall–Kier alpha value is -1.06. The molecule has 1 aromatic rings. The number of methoxy groups -OCH3 is 1. The lowest BCUT2D eigenvalue weighted by atomic mass is 9.74. The zero-order chi connectivity index (χ0) is 13.3. The van der Waals surface area contributed by atoms with Gasteiger partial charge < -0.3 is 15.2 Å². The molecule has 0 radical (unpaired) electrons. The van der Waals surface area contributed by atoms with E-state index in [1.54, 1.807) is 7.11 Å². The molecule has 3 heteroatoms. The van der Waals surface area contributed by atoms with Gasteiger partial charge in [-0.3, -0.25) is 0 Å². The Morgan fingerprint density at radius 2 is 2.16 bits per heavy atom. The highest BCUT2D eigenvalue weighted by molar-refractivity contribution is 5.32. The van der Waals surface area contributed by atoms with Crippen molar-refractivity contribution in [2.24, 2.45) is 0 Å². The first-order valence-corrected chi connectivity index (χ1v) is 7.28. The van der Waals surface area contributed by atoms with E-state index < -0.39 is 5.60 Å². The van der Waals surface area contributed by atoms with Crippen LogP contribution in [0.15, 0.2) is 24.3 Å². The third-order valence-corrected chi connectivity index (χ3v) is 4.71. The first kappa shape index (κ1) is 12.9. The second-order valence-electron chi connectivity index (χ2n) is 6.10. The molecule has 0 atom stereocenters. The molecule has 0 heterocycles. The maximum absolute atomic E-state index is 10.1. The SMILES string of the molecule is COc1cccc(C2CC(NCC3(O)CCC3)C2)c1. The maximum Gasteiger partial charge on any atom is 0.119 e. The lowest BCUT2D eigenvalue weighted by molar-refractivity contribution is -0.0354. The molecule has 0 amide bonds. The van der Waals surface area contributed by atoms with Gasteiger partial charge in [0.05, 0.1) is 12.7 Å². The van der Waals surface area contributed by atoms with Gasteiger partial charge in [-0.2, -0.15) is 0 Å². The van der Waals surface area contributed by atoms with Gasteiger partial charge in [-0.05, 0) is 55.7 Å². The molecule has 2 N–H and O–H groups in total. The highest BCUT2D eigenvalue weighted by Crippen LogP contribution is 2.39. The molecule has 0 bridgehead atoms. The Kier molecular flexibility index (Phi) is 3.50. The van der Waals surface area contributed by atoms with E-state index in [-0.39, 0.29) is 0 Å². The van der Waals surface area contributed by atoms with E-state index in [2.05, 4.69) is 23.5 Å². The number of aliphatic hydroxyl groups is 1. The Bertz CT molecular complexity index is 436. The number of nitrogens with one attached hydrogen (secondary N) is 1. The van der Waals surface area contributed by atoms with Gasteiger partial charge in [0.15, 0.2) is 0 Å². The van der Waals surface area contributed by atoms with Crippen LogP contribution in [-0.4, -0.2) is 30.4 Å². The van der Waals surface area contributed by atoms with Crippen LogP contribution in [0.2, 0.25) is 0 Å². The largest absolute Gasteiger partial charge is 0.497 e. The van der Waals surface area contributed by atoms with Gasteiger partial charge in [0.25, 0.3) is 0 Å². The van der Waals surface area contributed by atoms with Crippen molar-refractivity contribution in [3.8, 4) is 5.75 Å². The summed E-state index contributed by atoms with van der Waals surface area (Å²) in [6, 6.07) is 8.94. The fraction of sp³-hybridized carbons (Fsp3) is 0.625. The van der Waals surface area contributed by atoms with Crippen LogP contribution in [-0.2, 0) is 0 Å². The summed E-state index contributed by atoms with van der Waals surface area (Å²) in [5.74, 6) is 1.58. The summed E-state index contributed by atoms with van der Waals surface area (Å²) in [5.41, 5.74) is 0.973. The zero-order valence-corrected chi connectivity index (χ0v) is 11.6. The van der Waals surface area contributed by atoms with E-state index in [4.69, 9.17) is 4.74 Å². The van der Waals surface area contributed by atoms with Gasteiger partial charge in [-0.1, -0.05) is 12.1 Å². The van der Waals surface area contributed by atoms with Crippen molar-refractivity contribution in [2.75, 3.05) is 13.7 Å². The monoisotopic (exact) mass is 261 g/mol. The van der Waals surface area contributed by atoms with Crippen molar-refractivity contribution in [1.82, 2.24) is 5.32 Å². The van der Waals surface area contributed by atoms with E-state index in [0.29, 0.717) is 12.0 Å². The van der Waals surface area contributed by atoms with Crippen molar-refractivity contribution >= 4 is 0 Å². The van der Waals surface area contributed by atoms with Crippen molar-refractivity contribution in [3.05, 3.63) is 29.8 Å². The summed E-state index contributed by atoms with van der Waals surface area (Å²) in [6.07, 6.45) is 5.44. The van der Waals surface area contributed by atoms with Crippen LogP contribution in [0.5, 0.6) is 5.75 Å². The lowest BCUT2D eigenvalue weighted by Gasteiger charge is -2.42. The van der Waals surface area contributed by atoms with Crippen LogP contribution in [0, 0.1) is 0 Å². The fourth-order valence-electron chi connectivity index (χ4n) is 3.05. The molecule has 1 aromatic carbocycles. The predicted octanol–water partition coefficient (Wildman–Crippen LogP) is 2.45. The third kappa shape index (κ3) is 2.77. The van der Waals surface area contributed by atoms with Gasteiger partial charge in [-0.25, -0.2) is 0 Å². The van der Waals surface area contributed by atoms with Gasteiger partial charge in [0, 0.05) is 12.6 Å². The van der Waals surface area contributed by atoms with E-state index in [9.17, 15) is 5.11 Å². The molecule has 19 heavy (non-hydrogen) atoms. The fourth-order valence-corrected chi connectivity index (χ4v) is 3.05. The van der Waals surface area contributed by atoms with Gasteiger partial charge in [0.2, 0.25) is 0 Å². The predicted molar refractivity (Wildman–Crippen MR) is 75.6 cm³/mol. The van der Waals surface area contributed by atoms with E-state index in [1.807, 2.05) is 6.07 Å². The second-order valence-corrected chi connectivity index (χ2v) is 6.10. The first-order valence-electron chi connectivity index (χ1n) is 7.28. The average molecular weight is 261 g/mol. The van der Waals surface area contributed by atoms with Crippen molar-refractivity contribution in [3.63, 3.8) is 0 Å². The highest BCUT2D eigenvalue weighted by Gasteiger charge is 2.37. The minimum Gasteiger partial charge on any atom is -0.497 e. The number of ether oxygens (including phenoxy) is 1. The normalized spacial score (nSPS) is 28.3. The molecule has 2 fully saturated rings. The van der Waals surface area contributed by atoms with Gasteiger partial charge in [0.1, 0.15) is 5.75 Å². The standard InChI is InChI=1S/C16H23NO2/c1-19-15-5-2-4-12(10-15)13-8-14(9-13)17-11-16(18)6-3-7-16/h2,4-5,10,13-14,17-18H,3,6-9,11H2,1H3. The molecule has 0 aliphatic heterocycles. The molecule has 0 saturated heterocycles. The average Bonchev–Trinajstić information content (AvgIpc) is 2.35. The first-order chi connectivity index (χ1) is 9.18. The molecular weight excluding hydrogens is 238 g/mol. The van der Waals surface area contributed by atoms with E-state index in [0.717, 1.165) is 25.1 Å². The number of hydrogen-bond donors (Lipinski definition) is 2. The van der Waals surface area contributed by atoms with Crippen LogP contribution in [0.4, 0.5) is 0 Å². The lowest BCUT2D eigenvalue weighted by Crippen LogP contribution is -2.51. The molecule has 0 spiro atoms. The molecule has 2 saturated carbocycles. The smallest absolute Gasteiger partial charge is 0.119 e. The van der Waals surface area contributed by atoms with Crippen molar-refractivity contribution in [1.29, 1.82) is 0 Å². The minimum atomic E-state index is -0.402. The molecule has 0 aromatic heterocycles. The second kappa shape index (κ2) is 5.14. The van der Waals surface area contributed by atoms with Crippen LogP contribution in [0.1, 0.15) is 43.6 Å². The summed E-state index contributed by atoms with van der Waals surface area (Å²) in [5, 5.41) is 13.6. The van der Waals surface area contributed by atoms with Gasteiger partial charge in [-0.15, -0.1) is 0 Å². The molecule has 2 aliphatic rings. The van der Waals surface area contributed by atoms with E-state index >= 15 is 0 Å². The zero-order valence-electron chi connectivity index (χ0n) is 11.6. The molecule has 104 valence electrons. The molecule has 0 unspecified atom stereocenters. The van der Waals surface area contributed by atoms with Gasteiger partial charge >= 0.3 is 0 Å². The maximum atomic E-state index is 10.1. The summed E-state index contributed by atoms with van der Waals surface area (Å²) in [4.78, 5) is 0. The third-order valence-electron chi connectivity index (χ3n) is 4.71. The highest BCUT2D eigenvalue weighted by atomic mass is 16.5. The number of benzene rings is 1. The van der Waals surface area contributed by atoms with Crippen LogP contribution >= 0.6 is 0 Å². The quantitative estimate of drug-likeness (QED) is 0.855. The topological polar surface area (TPSA) is 41.5 Å². The Balaban J connectivity index is 1.46. The summed E-state index contributed by atoms with van der Waals surface area (Å²) >= 11 is 0. The molecule has 3 rings (SSSR count). The van der Waals surface area contributed by atoms with Crippen LogP contribution < -0.4 is 10.1 Å². The Labute approximate surface area is 115 Å². The summed E-state index contributed by atoms with van der Waals surface area (Å²) in [6.45, 7) is 0.766. The Morgan fingerprint density at radius 1 is 1.37 bits per heavy atom. The summed E-state index contributed by atoms with van der Waals surface area (Å²) in [7, 11) is 1.71. The Morgan fingerprint density at radius 3 is 2.79 bits per heavy atom. The number of hydrogen-bond acceptors (Lipinski definition) is 3. The van der Waals surface area contributed by atoms with Crippen molar-refractivity contribution in [2.45, 2.75) is 49.7 Å². The minimum absolute atomic E-state index is 0.402. The van der Waals surface area contributed by atoms with E-state index in [1.165, 1.54) is 24.8 Å². The van der Waals surface area contributed by atoms with Crippen LogP contribution in [0.3, 0.4) is 0 Å². The molecule has 2 aliphatic carbocycles. The van der Waals surface area contributed by atoms with Crippen LogP contribution in [0.25, 0.3) is 0 Å². The molecular formula is C16H23NO2. The van der Waals surface area contributed by atoms with Crippen molar-refractivity contribution < 1.29 is 9.84 Å². The summed E-state index contributed by atoms with van der Waals surface area (Å²) < 4.78 is 5.27. The molecule has 3 nitrogen and oxygen atoms in total. The number of rotatable bonds is 5.